The Morgan fingerprint density at radius 1 is 1.47 bits per heavy atom. The van der Waals surface area contributed by atoms with Gasteiger partial charge in [0.25, 0.3) is 0 Å². The molecule has 1 aromatic rings. The molecular formula is C12H17BrN2. The minimum atomic E-state index is 0.0602. The van der Waals surface area contributed by atoms with Crippen LogP contribution in [0.15, 0.2) is 34.3 Å². The Morgan fingerprint density at radius 3 is 2.60 bits per heavy atom. The third-order valence-electron chi connectivity index (χ3n) is 2.17. The summed E-state index contributed by atoms with van der Waals surface area (Å²) in [7, 11) is 0. The average molecular weight is 269 g/mol. The number of nitrogens with one attached hydrogen (secondary N) is 1. The summed E-state index contributed by atoms with van der Waals surface area (Å²) < 4.78 is 1.09. The normalized spacial score (nSPS) is 12.3. The van der Waals surface area contributed by atoms with Gasteiger partial charge in [0.15, 0.2) is 0 Å². The Bertz CT molecular complexity index is 368. The highest BCUT2D eigenvalue weighted by Gasteiger charge is 2.09. The first-order valence-electron chi connectivity index (χ1n) is 4.92. The second kappa shape index (κ2) is 5.45. The smallest absolute Gasteiger partial charge is 0.0654 e. The van der Waals surface area contributed by atoms with E-state index < -0.39 is 0 Å². The molecule has 1 aromatic carbocycles. The summed E-state index contributed by atoms with van der Waals surface area (Å²) in [6.07, 6.45) is 2.11. The van der Waals surface area contributed by atoms with Gasteiger partial charge >= 0.3 is 0 Å². The largest absolute Gasteiger partial charge is 0.271 e. The van der Waals surface area contributed by atoms with Crippen molar-refractivity contribution >= 4 is 15.9 Å². The second-order valence-electron chi connectivity index (χ2n) is 3.91. The van der Waals surface area contributed by atoms with Gasteiger partial charge in [-0.2, -0.15) is 0 Å². The van der Waals surface area contributed by atoms with E-state index in [1.807, 2.05) is 0 Å². The molecule has 1 atom stereocenters. The predicted octanol–water partition coefficient (Wildman–Crippen LogP) is 3.23. The summed E-state index contributed by atoms with van der Waals surface area (Å²) in [6.45, 7) is 6.19. The van der Waals surface area contributed by atoms with Crippen molar-refractivity contribution in [3.05, 3.63) is 45.4 Å². The fourth-order valence-corrected chi connectivity index (χ4v) is 2.19. The Balaban J connectivity index is 3.07. The molecule has 0 saturated heterocycles. The van der Waals surface area contributed by atoms with Crippen molar-refractivity contribution in [2.24, 2.45) is 5.84 Å². The molecule has 0 bridgehead atoms. The summed E-state index contributed by atoms with van der Waals surface area (Å²) in [5, 5.41) is 0. The van der Waals surface area contributed by atoms with Crippen LogP contribution >= 0.6 is 15.9 Å². The van der Waals surface area contributed by atoms with Gasteiger partial charge in [0.2, 0.25) is 0 Å². The van der Waals surface area contributed by atoms with Crippen molar-refractivity contribution in [3.63, 3.8) is 0 Å². The summed E-state index contributed by atoms with van der Waals surface area (Å²) in [5.74, 6) is 5.54. The number of allylic oxidation sites excluding steroid dienone is 1. The molecule has 0 saturated carbocycles. The number of benzene rings is 1. The van der Waals surface area contributed by atoms with Crippen molar-refractivity contribution in [1.29, 1.82) is 0 Å². The van der Waals surface area contributed by atoms with Crippen molar-refractivity contribution in [2.45, 2.75) is 26.8 Å². The second-order valence-corrected chi connectivity index (χ2v) is 4.77. The molecule has 2 nitrogen and oxygen atoms in total. The van der Waals surface area contributed by atoms with Crippen LogP contribution < -0.4 is 11.3 Å². The first-order chi connectivity index (χ1) is 7.04. The molecule has 15 heavy (non-hydrogen) atoms. The van der Waals surface area contributed by atoms with Gasteiger partial charge in [-0.25, -0.2) is 5.43 Å². The third kappa shape index (κ3) is 3.45. The highest BCUT2D eigenvalue weighted by Crippen LogP contribution is 2.25. The zero-order valence-corrected chi connectivity index (χ0v) is 10.9. The Hall–Kier alpha value is -0.640. The number of rotatable bonds is 3. The topological polar surface area (TPSA) is 38.0 Å². The van der Waals surface area contributed by atoms with E-state index in [-0.39, 0.29) is 6.04 Å². The quantitative estimate of drug-likeness (QED) is 0.502. The highest BCUT2D eigenvalue weighted by molar-refractivity contribution is 9.10. The summed E-state index contributed by atoms with van der Waals surface area (Å²) in [4.78, 5) is 0. The van der Waals surface area contributed by atoms with Gasteiger partial charge in [0.05, 0.1) is 6.04 Å². The van der Waals surface area contributed by atoms with Crippen LogP contribution in [0.2, 0.25) is 0 Å². The molecule has 0 aliphatic rings. The summed E-state index contributed by atoms with van der Waals surface area (Å²) in [5.41, 5.74) is 6.44. The number of halogens is 1. The van der Waals surface area contributed by atoms with E-state index in [4.69, 9.17) is 5.84 Å². The molecule has 0 heterocycles. The summed E-state index contributed by atoms with van der Waals surface area (Å²) in [6, 6.07) is 6.33. The van der Waals surface area contributed by atoms with Gasteiger partial charge in [0.1, 0.15) is 0 Å². The van der Waals surface area contributed by atoms with Crippen LogP contribution in [0.5, 0.6) is 0 Å². The molecule has 82 valence electrons. The monoisotopic (exact) mass is 268 g/mol. The van der Waals surface area contributed by atoms with Crippen LogP contribution in [-0.4, -0.2) is 0 Å². The average Bonchev–Trinajstić information content (AvgIpc) is 2.14. The van der Waals surface area contributed by atoms with Gasteiger partial charge in [-0.1, -0.05) is 39.7 Å². The maximum atomic E-state index is 5.54. The fraction of sp³-hybridized carbons (Fsp3) is 0.333. The maximum Gasteiger partial charge on any atom is 0.0654 e. The minimum Gasteiger partial charge on any atom is -0.271 e. The molecule has 0 aliphatic carbocycles. The van der Waals surface area contributed by atoms with Gasteiger partial charge in [-0.15, -0.1) is 0 Å². The van der Waals surface area contributed by atoms with E-state index >= 15 is 0 Å². The Morgan fingerprint density at radius 2 is 2.13 bits per heavy atom. The van der Waals surface area contributed by atoms with Gasteiger partial charge in [0, 0.05) is 4.47 Å². The van der Waals surface area contributed by atoms with Crippen molar-refractivity contribution < 1.29 is 0 Å². The lowest BCUT2D eigenvalue weighted by atomic mass is 10.0. The number of aryl methyl sites for hydroxylation is 1. The lowest BCUT2D eigenvalue weighted by Crippen LogP contribution is -2.27. The van der Waals surface area contributed by atoms with Crippen LogP contribution in [0.3, 0.4) is 0 Å². The minimum absolute atomic E-state index is 0.0602. The lowest BCUT2D eigenvalue weighted by molar-refractivity contribution is 0.649. The molecule has 3 heteroatoms. The van der Waals surface area contributed by atoms with Crippen molar-refractivity contribution in [3.8, 4) is 0 Å². The van der Waals surface area contributed by atoms with Gasteiger partial charge in [-0.05, 0) is 38.0 Å². The molecule has 0 aromatic heterocycles. The first-order valence-corrected chi connectivity index (χ1v) is 5.71. The molecule has 0 amide bonds. The van der Waals surface area contributed by atoms with Crippen LogP contribution in [0.4, 0.5) is 0 Å². The third-order valence-corrected chi connectivity index (χ3v) is 2.86. The molecule has 0 radical (unpaired) electrons. The number of hydrogen-bond acceptors (Lipinski definition) is 2. The SMILES string of the molecule is CC(C)=CC(NN)c1ccc(C)cc1Br. The lowest BCUT2D eigenvalue weighted by Gasteiger charge is -2.15. The maximum absolute atomic E-state index is 5.54. The van der Waals surface area contributed by atoms with E-state index in [2.05, 4.69) is 66.4 Å². The van der Waals surface area contributed by atoms with Crippen LogP contribution in [0.1, 0.15) is 31.0 Å². The molecule has 3 N–H and O–H groups in total. The van der Waals surface area contributed by atoms with E-state index in [0.29, 0.717) is 0 Å². The van der Waals surface area contributed by atoms with E-state index in [1.54, 1.807) is 0 Å². The van der Waals surface area contributed by atoms with Gasteiger partial charge < -0.3 is 0 Å². The van der Waals surface area contributed by atoms with E-state index in [9.17, 15) is 0 Å². The van der Waals surface area contributed by atoms with E-state index in [0.717, 1.165) is 10.0 Å². The van der Waals surface area contributed by atoms with Crippen LogP contribution in [-0.2, 0) is 0 Å². The van der Waals surface area contributed by atoms with Gasteiger partial charge in [-0.3, -0.25) is 5.84 Å². The highest BCUT2D eigenvalue weighted by atomic mass is 79.9. The first kappa shape index (κ1) is 12.4. The molecular weight excluding hydrogens is 252 g/mol. The Kier molecular flexibility index (Phi) is 4.51. The Labute approximate surface area is 99.7 Å². The number of hydrazine groups is 1. The van der Waals surface area contributed by atoms with Crippen LogP contribution in [0, 0.1) is 6.92 Å². The zero-order chi connectivity index (χ0) is 11.4. The molecule has 0 fully saturated rings. The van der Waals surface area contributed by atoms with E-state index in [1.165, 1.54) is 11.1 Å². The standard InChI is InChI=1S/C12H17BrN2/c1-8(2)6-12(15-14)10-5-4-9(3)7-11(10)13/h4-7,12,15H,14H2,1-3H3. The molecule has 1 rings (SSSR count). The molecule has 1 unspecified atom stereocenters. The fourth-order valence-electron chi connectivity index (χ4n) is 1.45. The van der Waals surface area contributed by atoms with Crippen LogP contribution in [0.25, 0.3) is 0 Å². The summed E-state index contributed by atoms with van der Waals surface area (Å²) >= 11 is 3.55. The predicted molar refractivity (Wildman–Crippen MR) is 68.4 cm³/mol. The zero-order valence-electron chi connectivity index (χ0n) is 9.34. The number of hydrogen-bond donors (Lipinski definition) is 2. The van der Waals surface area contributed by atoms with Crippen molar-refractivity contribution in [1.82, 2.24) is 5.43 Å². The number of nitrogens with two attached hydrogens (primary N) is 1. The molecule has 0 aliphatic heterocycles. The molecule has 0 spiro atoms. The van der Waals surface area contributed by atoms with Crippen molar-refractivity contribution in [2.75, 3.05) is 0 Å².